The molecule has 29 heavy (non-hydrogen) atoms. The highest BCUT2D eigenvalue weighted by atomic mass is 16.5. The van der Waals surface area contributed by atoms with Crippen LogP contribution in [0.1, 0.15) is 53.0 Å². The van der Waals surface area contributed by atoms with Crippen LogP contribution in [0.15, 0.2) is 48.5 Å². The molecule has 0 unspecified atom stereocenters. The van der Waals surface area contributed by atoms with Gasteiger partial charge in [0.2, 0.25) is 0 Å². The summed E-state index contributed by atoms with van der Waals surface area (Å²) in [6.07, 6.45) is 1.82. The molecule has 0 aromatic heterocycles. The number of rotatable bonds is 6. The van der Waals surface area contributed by atoms with E-state index in [1.54, 1.807) is 48.5 Å². The van der Waals surface area contributed by atoms with Crippen LogP contribution in [-0.2, 0) is 0 Å². The Kier molecular flexibility index (Phi) is 6.50. The second kappa shape index (κ2) is 9.24. The first-order valence-corrected chi connectivity index (χ1v) is 9.83. The fraction of sp³-hybridized carbons (Fsp3) is 0.348. The zero-order valence-electron chi connectivity index (χ0n) is 16.7. The molecule has 3 rings (SSSR count). The van der Waals surface area contributed by atoms with Crippen molar-refractivity contribution >= 4 is 11.8 Å². The average molecular weight is 391 g/mol. The number of hydrogen-bond acceptors (Lipinski definition) is 4. The molecule has 1 heterocycles. The molecular formula is C23H25N3O3. The van der Waals surface area contributed by atoms with Crippen LogP contribution in [0, 0.1) is 11.3 Å². The molecule has 0 saturated carbocycles. The van der Waals surface area contributed by atoms with Crippen molar-refractivity contribution in [2.24, 2.45) is 0 Å². The Bertz CT molecular complexity index is 898. The van der Waals surface area contributed by atoms with Gasteiger partial charge in [-0.2, -0.15) is 5.26 Å². The fourth-order valence-electron chi connectivity index (χ4n) is 3.37. The van der Waals surface area contributed by atoms with Gasteiger partial charge in [-0.25, -0.2) is 0 Å². The van der Waals surface area contributed by atoms with Gasteiger partial charge in [-0.3, -0.25) is 9.59 Å². The van der Waals surface area contributed by atoms with Crippen LogP contribution in [0.2, 0.25) is 0 Å². The van der Waals surface area contributed by atoms with Crippen molar-refractivity contribution in [1.29, 1.82) is 5.26 Å². The SMILES string of the molecule is CC(C)NC(=O)c1ccc(OC[C@@H]2CCCN2C(=O)c2ccc(C#N)cc2)cc1. The van der Waals surface area contributed by atoms with E-state index < -0.39 is 0 Å². The molecule has 0 radical (unpaired) electrons. The number of carbonyl (C=O) groups is 2. The zero-order chi connectivity index (χ0) is 20.8. The summed E-state index contributed by atoms with van der Waals surface area (Å²) in [7, 11) is 0. The fourth-order valence-corrected chi connectivity index (χ4v) is 3.37. The van der Waals surface area contributed by atoms with Crippen LogP contribution in [0.5, 0.6) is 5.75 Å². The van der Waals surface area contributed by atoms with Gasteiger partial charge in [0.05, 0.1) is 17.7 Å². The molecule has 6 nitrogen and oxygen atoms in total. The van der Waals surface area contributed by atoms with Gasteiger partial charge in [-0.1, -0.05) is 0 Å². The van der Waals surface area contributed by atoms with E-state index in [0.717, 1.165) is 12.8 Å². The number of hydrogen-bond donors (Lipinski definition) is 1. The van der Waals surface area contributed by atoms with Crippen molar-refractivity contribution < 1.29 is 14.3 Å². The molecule has 2 aromatic carbocycles. The average Bonchev–Trinajstić information content (AvgIpc) is 3.20. The minimum absolute atomic E-state index is 0.00191. The van der Waals surface area contributed by atoms with Gasteiger partial charge in [-0.15, -0.1) is 0 Å². The van der Waals surface area contributed by atoms with Gasteiger partial charge in [0, 0.05) is 23.7 Å². The van der Waals surface area contributed by atoms with Gasteiger partial charge in [-0.05, 0) is 75.2 Å². The van der Waals surface area contributed by atoms with Gasteiger partial charge in [0.1, 0.15) is 12.4 Å². The van der Waals surface area contributed by atoms with Crippen LogP contribution in [0.25, 0.3) is 0 Å². The molecule has 1 atom stereocenters. The molecular weight excluding hydrogens is 366 g/mol. The zero-order valence-corrected chi connectivity index (χ0v) is 16.7. The van der Waals surface area contributed by atoms with Gasteiger partial charge in [0.25, 0.3) is 11.8 Å². The van der Waals surface area contributed by atoms with Crippen LogP contribution in [-0.4, -0.2) is 41.9 Å². The second-order valence-electron chi connectivity index (χ2n) is 7.45. The Hall–Kier alpha value is -3.33. The predicted molar refractivity (Wildman–Crippen MR) is 110 cm³/mol. The summed E-state index contributed by atoms with van der Waals surface area (Å²) in [6, 6.07) is 15.9. The van der Waals surface area contributed by atoms with E-state index in [-0.39, 0.29) is 23.9 Å². The standard InChI is InChI=1S/C23H25N3O3/c1-16(2)25-22(27)18-9-11-21(12-10-18)29-15-20-4-3-13-26(20)23(28)19-7-5-17(14-24)6-8-19/h5-12,16,20H,3-4,13,15H2,1-2H3,(H,25,27)/t20-/m0/s1. The molecule has 6 heteroatoms. The number of nitrogens with zero attached hydrogens (tertiary/aromatic N) is 2. The summed E-state index contributed by atoms with van der Waals surface area (Å²) >= 11 is 0. The first kappa shape index (κ1) is 20.4. The summed E-state index contributed by atoms with van der Waals surface area (Å²) in [6.45, 7) is 4.94. The van der Waals surface area contributed by atoms with Crippen LogP contribution >= 0.6 is 0 Å². The Morgan fingerprint density at radius 3 is 2.41 bits per heavy atom. The second-order valence-corrected chi connectivity index (χ2v) is 7.45. The van der Waals surface area contributed by atoms with Crippen molar-refractivity contribution in [2.45, 2.75) is 38.8 Å². The van der Waals surface area contributed by atoms with Crippen molar-refractivity contribution in [3.8, 4) is 11.8 Å². The van der Waals surface area contributed by atoms with Gasteiger partial charge in [0.15, 0.2) is 0 Å². The van der Waals surface area contributed by atoms with E-state index in [9.17, 15) is 9.59 Å². The quantitative estimate of drug-likeness (QED) is 0.818. The number of carbonyl (C=O) groups excluding carboxylic acids is 2. The van der Waals surface area contributed by atoms with E-state index in [1.807, 2.05) is 18.7 Å². The van der Waals surface area contributed by atoms with Crippen molar-refractivity contribution in [3.05, 3.63) is 65.2 Å². The molecule has 2 amide bonds. The van der Waals surface area contributed by atoms with E-state index in [0.29, 0.717) is 35.6 Å². The molecule has 0 bridgehead atoms. The number of nitrogens with one attached hydrogen (secondary N) is 1. The van der Waals surface area contributed by atoms with Crippen molar-refractivity contribution in [3.63, 3.8) is 0 Å². The third-order valence-electron chi connectivity index (χ3n) is 4.88. The minimum Gasteiger partial charge on any atom is -0.491 e. The van der Waals surface area contributed by atoms with Gasteiger partial charge < -0.3 is 15.0 Å². The highest BCUT2D eigenvalue weighted by Crippen LogP contribution is 2.22. The first-order chi connectivity index (χ1) is 14.0. The first-order valence-electron chi connectivity index (χ1n) is 9.83. The minimum atomic E-state index is -0.110. The number of ether oxygens (including phenoxy) is 1. The number of benzene rings is 2. The molecule has 1 fully saturated rings. The monoisotopic (exact) mass is 391 g/mol. The van der Waals surface area contributed by atoms with Gasteiger partial charge >= 0.3 is 0 Å². The van der Waals surface area contributed by atoms with Crippen LogP contribution in [0.4, 0.5) is 0 Å². The molecule has 1 saturated heterocycles. The maximum Gasteiger partial charge on any atom is 0.254 e. The predicted octanol–water partition coefficient (Wildman–Crippen LogP) is 3.38. The molecule has 1 aliphatic rings. The molecule has 150 valence electrons. The maximum atomic E-state index is 12.8. The lowest BCUT2D eigenvalue weighted by Gasteiger charge is -2.25. The van der Waals surface area contributed by atoms with Crippen LogP contribution in [0.3, 0.4) is 0 Å². The maximum absolute atomic E-state index is 12.8. The van der Waals surface area contributed by atoms with Crippen molar-refractivity contribution in [2.75, 3.05) is 13.2 Å². The lowest BCUT2D eigenvalue weighted by atomic mass is 10.1. The lowest BCUT2D eigenvalue weighted by Crippen LogP contribution is -2.39. The lowest BCUT2D eigenvalue weighted by molar-refractivity contribution is 0.0691. The molecule has 0 spiro atoms. The van der Waals surface area contributed by atoms with E-state index in [2.05, 4.69) is 11.4 Å². The summed E-state index contributed by atoms with van der Waals surface area (Å²) in [4.78, 5) is 26.7. The Morgan fingerprint density at radius 1 is 1.14 bits per heavy atom. The topological polar surface area (TPSA) is 82.4 Å². The molecule has 1 aliphatic heterocycles. The normalized spacial score (nSPS) is 15.8. The smallest absolute Gasteiger partial charge is 0.254 e. The molecule has 1 N–H and O–H groups in total. The Balaban J connectivity index is 1.59. The van der Waals surface area contributed by atoms with E-state index in [4.69, 9.17) is 10.00 Å². The largest absolute Gasteiger partial charge is 0.491 e. The number of nitriles is 1. The summed E-state index contributed by atoms with van der Waals surface area (Å²) in [5, 5.41) is 11.8. The molecule has 0 aliphatic carbocycles. The third-order valence-corrected chi connectivity index (χ3v) is 4.88. The highest BCUT2D eigenvalue weighted by molar-refractivity contribution is 5.95. The Morgan fingerprint density at radius 2 is 1.79 bits per heavy atom. The highest BCUT2D eigenvalue weighted by Gasteiger charge is 2.30. The summed E-state index contributed by atoms with van der Waals surface area (Å²) in [5.74, 6) is 0.520. The Labute approximate surface area is 171 Å². The summed E-state index contributed by atoms with van der Waals surface area (Å²) < 4.78 is 5.89. The number of amides is 2. The summed E-state index contributed by atoms with van der Waals surface area (Å²) in [5.41, 5.74) is 1.70. The van der Waals surface area contributed by atoms with E-state index >= 15 is 0 Å². The number of likely N-dealkylation sites (tertiary alicyclic amines) is 1. The van der Waals surface area contributed by atoms with Crippen molar-refractivity contribution in [1.82, 2.24) is 10.2 Å². The van der Waals surface area contributed by atoms with Crippen LogP contribution < -0.4 is 10.1 Å². The van der Waals surface area contributed by atoms with E-state index in [1.165, 1.54) is 0 Å². The molecule has 2 aromatic rings. The third kappa shape index (κ3) is 5.14.